The zero-order valence-electron chi connectivity index (χ0n) is 11.9. The van der Waals surface area contributed by atoms with E-state index >= 15 is 0 Å². The maximum absolute atomic E-state index is 11.6. The van der Waals surface area contributed by atoms with Crippen molar-refractivity contribution in [1.29, 1.82) is 0 Å². The first kappa shape index (κ1) is 15.7. The Kier molecular flexibility index (Phi) is 6.53. The molecule has 0 heterocycles. The van der Waals surface area contributed by atoms with E-state index < -0.39 is 0 Å². The van der Waals surface area contributed by atoms with Crippen LogP contribution in [-0.4, -0.2) is 36.7 Å². The second-order valence-electron chi connectivity index (χ2n) is 4.63. The molecular formula is C15H23NO3. The van der Waals surface area contributed by atoms with Crippen LogP contribution in [0.2, 0.25) is 0 Å². The highest BCUT2D eigenvalue weighted by atomic mass is 16.5. The number of ether oxygens (including phenoxy) is 1. The molecule has 106 valence electrons. The first-order valence-corrected chi connectivity index (χ1v) is 6.69. The maximum Gasteiger partial charge on any atom is 0.163 e. The van der Waals surface area contributed by atoms with E-state index in [1.807, 2.05) is 25.1 Å². The molecular weight excluding hydrogens is 242 g/mol. The van der Waals surface area contributed by atoms with Gasteiger partial charge in [0.25, 0.3) is 0 Å². The first-order chi connectivity index (χ1) is 9.08. The Morgan fingerprint density at radius 3 is 2.79 bits per heavy atom. The molecule has 0 unspecified atom stereocenters. The molecule has 1 rings (SSSR count). The number of carbonyl (C=O) groups is 1. The lowest BCUT2D eigenvalue weighted by Gasteiger charge is -2.16. The lowest BCUT2D eigenvalue weighted by atomic mass is 10.1. The molecule has 0 radical (unpaired) electrons. The molecule has 4 heteroatoms. The zero-order chi connectivity index (χ0) is 14.3. The van der Waals surface area contributed by atoms with Crippen LogP contribution < -0.4 is 10.1 Å². The van der Waals surface area contributed by atoms with Crippen LogP contribution in [0.3, 0.4) is 0 Å². The Hall–Kier alpha value is -1.39. The summed E-state index contributed by atoms with van der Waals surface area (Å²) in [5.41, 5.74) is 1.76. The van der Waals surface area contributed by atoms with Gasteiger partial charge in [0.1, 0.15) is 12.4 Å². The molecule has 1 aromatic rings. The summed E-state index contributed by atoms with van der Waals surface area (Å²) in [6.07, 6.45) is 0.898. The molecule has 0 amide bonds. The maximum atomic E-state index is 11.6. The smallest absolute Gasteiger partial charge is 0.163 e. The van der Waals surface area contributed by atoms with Crippen LogP contribution in [0.1, 0.15) is 36.7 Å². The highest BCUT2D eigenvalue weighted by Crippen LogP contribution is 2.21. The Bertz CT molecular complexity index is 418. The summed E-state index contributed by atoms with van der Waals surface area (Å²) in [7, 11) is 0. The second kappa shape index (κ2) is 7.92. The largest absolute Gasteiger partial charge is 0.491 e. The number of aliphatic hydroxyl groups excluding tert-OH is 1. The van der Waals surface area contributed by atoms with Crippen LogP contribution in [0.4, 0.5) is 0 Å². The fourth-order valence-electron chi connectivity index (χ4n) is 1.78. The van der Waals surface area contributed by atoms with E-state index in [0.29, 0.717) is 24.5 Å². The average molecular weight is 265 g/mol. The van der Waals surface area contributed by atoms with Crippen molar-refractivity contribution in [3.05, 3.63) is 29.3 Å². The van der Waals surface area contributed by atoms with E-state index in [4.69, 9.17) is 9.84 Å². The van der Waals surface area contributed by atoms with Crippen LogP contribution in [0.5, 0.6) is 5.75 Å². The van der Waals surface area contributed by atoms with Gasteiger partial charge in [-0.3, -0.25) is 4.79 Å². The Balaban J connectivity index is 2.69. The predicted molar refractivity (Wildman–Crippen MR) is 75.9 cm³/mol. The third kappa shape index (κ3) is 5.01. The van der Waals surface area contributed by atoms with Gasteiger partial charge in [0.15, 0.2) is 5.78 Å². The van der Waals surface area contributed by atoms with E-state index in [9.17, 15) is 4.79 Å². The number of Topliss-reactive ketones (excluding diaryl/α,β-unsaturated/α-hetero) is 1. The van der Waals surface area contributed by atoms with Gasteiger partial charge in [-0.25, -0.2) is 0 Å². The first-order valence-electron chi connectivity index (χ1n) is 6.69. The van der Waals surface area contributed by atoms with Gasteiger partial charge in [-0.05, 0) is 38.0 Å². The van der Waals surface area contributed by atoms with Gasteiger partial charge in [-0.1, -0.05) is 13.0 Å². The fraction of sp³-hybridized carbons (Fsp3) is 0.533. The lowest BCUT2D eigenvalue weighted by molar-refractivity contribution is 0.101. The van der Waals surface area contributed by atoms with Gasteiger partial charge >= 0.3 is 0 Å². The number of aliphatic hydroxyl groups is 1. The minimum Gasteiger partial charge on any atom is -0.491 e. The third-order valence-corrected chi connectivity index (χ3v) is 2.92. The molecule has 0 spiro atoms. The van der Waals surface area contributed by atoms with Gasteiger partial charge in [0.2, 0.25) is 0 Å². The number of rotatable bonds is 8. The predicted octanol–water partition coefficient (Wildman–Crippen LogP) is 1.80. The topological polar surface area (TPSA) is 58.6 Å². The molecule has 0 saturated carbocycles. The van der Waals surface area contributed by atoms with Crippen LogP contribution in [0, 0.1) is 0 Å². The van der Waals surface area contributed by atoms with E-state index in [1.54, 1.807) is 6.92 Å². The van der Waals surface area contributed by atoms with E-state index in [-0.39, 0.29) is 18.4 Å². The van der Waals surface area contributed by atoms with Crippen molar-refractivity contribution in [2.75, 3.05) is 19.8 Å². The Morgan fingerprint density at radius 2 is 2.21 bits per heavy atom. The zero-order valence-corrected chi connectivity index (χ0v) is 11.9. The molecule has 0 saturated heterocycles. The van der Waals surface area contributed by atoms with E-state index in [0.717, 1.165) is 12.0 Å². The third-order valence-electron chi connectivity index (χ3n) is 2.92. The summed E-state index contributed by atoms with van der Waals surface area (Å²) in [4.78, 5) is 11.6. The summed E-state index contributed by atoms with van der Waals surface area (Å²) in [5.74, 6) is 0.642. The van der Waals surface area contributed by atoms with Crippen molar-refractivity contribution in [3.63, 3.8) is 0 Å². The number of hydrogen-bond acceptors (Lipinski definition) is 4. The van der Waals surface area contributed by atoms with Crippen molar-refractivity contribution >= 4 is 5.78 Å². The highest BCUT2D eigenvalue weighted by molar-refractivity contribution is 5.97. The van der Waals surface area contributed by atoms with Gasteiger partial charge in [-0.2, -0.15) is 0 Å². The standard InChI is InChI=1S/C15H23NO3/c1-4-13-5-6-15(14(9-13)12(3)18)19-10-11(2)16-7-8-17/h5-6,9,11,16-17H,4,7-8,10H2,1-3H3/t11-/m1/s1. The molecule has 19 heavy (non-hydrogen) atoms. The minimum atomic E-state index is 0.0151. The fourth-order valence-corrected chi connectivity index (χ4v) is 1.78. The molecule has 0 aliphatic rings. The Morgan fingerprint density at radius 1 is 1.47 bits per heavy atom. The number of benzene rings is 1. The monoisotopic (exact) mass is 265 g/mol. The quantitative estimate of drug-likeness (QED) is 0.704. The SMILES string of the molecule is CCc1ccc(OC[C@@H](C)NCCO)c(C(C)=O)c1. The van der Waals surface area contributed by atoms with Crippen molar-refractivity contribution in [2.24, 2.45) is 0 Å². The number of nitrogens with one attached hydrogen (secondary N) is 1. The van der Waals surface area contributed by atoms with E-state index in [1.165, 1.54) is 0 Å². The molecule has 1 aromatic carbocycles. The molecule has 1 atom stereocenters. The van der Waals surface area contributed by atoms with Crippen molar-refractivity contribution in [3.8, 4) is 5.75 Å². The van der Waals surface area contributed by atoms with Crippen LogP contribution in [0.15, 0.2) is 18.2 Å². The number of hydrogen-bond donors (Lipinski definition) is 2. The molecule has 2 N–H and O–H groups in total. The Labute approximate surface area is 114 Å². The van der Waals surface area contributed by atoms with Crippen LogP contribution >= 0.6 is 0 Å². The average Bonchev–Trinajstić information content (AvgIpc) is 2.42. The normalized spacial score (nSPS) is 12.2. The summed E-state index contributed by atoms with van der Waals surface area (Å²) < 4.78 is 5.69. The molecule has 4 nitrogen and oxygen atoms in total. The minimum absolute atomic E-state index is 0.0151. The molecule has 0 bridgehead atoms. The summed E-state index contributed by atoms with van der Waals surface area (Å²) in [6.45, 7) is 6.69. The molecule has 0 aliphatic heterocycles. The highest BCUT2D eigenvalue weighted by Gasteiger charge is 2.10. The van der Waals surface area contributed by atoms with Crippen LogP contribution in [-0.2, 0) is 6.42 Å². The summed E-state index contributed by atoms with van der Waals surface area (Å²) >= 11 is 0. The van der Waals surface area contributed by atoms with Crippen molar-refractivity contribution in [2.45, 2.75) is 33.2 Å². The van der Waals surface area contributed by atoms with E-state index in [2.05, 4.69) is 12.2 Å². The molecule has 0 aromatic heterocycles. The van der Waals surface area contributed by atoms with Gasteiger partial charge in [0.05, 0.1) is 12.2 Å². The number of aryl methyl sites for hydroxylation is 1. The van der Waals surface area contributed by atoms with Gasteiger partial charge in [0, 0.05) is 12.6 Å². The molecule has 0 fully saturated rings. The van der Waals surface area contributed by atoms with Gasteiger partial charge in [-0.15, -0.1) is 0 Å². The van der Waals surface area contributed by atoms with Gasteiger partial charge < -0.3 is 15.2 Å². The van der Waals surface area contributed by atoms with Crippen molar-refractivity contribution < 1.29 is 14.6 Å². The van der Waals surface area contributed by atoms with Crippen molar-refractivity contribution in [1.82, 2.24) is 5.32 Å². The molecule has 0 aliphatic carbocycles. The summed E-state index contributed by atoms with van der Waals surface area (Å²) in [5, 5.41) is 11.8. The van der Waals surface area contributed by atoms with Crippen LogP contribution in [0.25, 0.3) is 0 Å². The lowest BCUT2D eigenvalue weighted by Crippen LogP contribution is -2.33. The summed E-state index contributed by atoms with van der Waals surface area (Å²) in [6, 6.07) is 5.85. The number of ketones is 1. The number of carbonyl (C=O) groups excluding carboxylic acids is 1. The second-order valence-corrected chi connectivity index (χ2v) is 4.63.